The van der Waals surface area contributed by atoms with E-state index in [2.05, 4.69) is 17.4 Å². The van der Waals surface area contributed by atoms with Gasteiger partial charge in [-0.1, -0.05) is 78.9 Å². The Hall–Kier alpha value is -4.59. The highest BCUT2D eigenvalue weighted by Crippen LogP contribution is 2.44. The molecule has 39 heavy (non-hydrogen) atoms. The first-order chi connectivity index (χ1) is 18.9. The highest BCUT2D eigenvalue weighted by atomic mass is 16.5. The van der Waals surface area contributed by atoms with E-state index in [1.165, 1.54) is 12.1 Å². The average Bonchev–Trinajstić information content (AvgIpc) is 3.30. The van der Waals surface area contributed by atoms with Crippen molar-refractivity contribution >= 4 is 17.7 Å². The maximum atomic E-state index is 12.5. The number of benzene rings is 4. The SMILES string of the molecule is O=C(NCC(O)C(O)c1ccc2c(c1)-c1ccccc1C(=O)C2=O)OCC1c2ccccc2-c2ccccc21. The second-order valence-corrected chi connectivity index (χ2v) is 9.73. The van der Waals surface area contributed by atoms with Gasteiger partial charge in [-0.05, 0) is 51.1 Å². The maximum absolute atomic E-state index is 12.5. The molecule has 0 saturated carbocycles. The van der Waals surface area contributed by atoms with Crippen LogP contribution in [0.25, 0.3) is 22.3 Å². The molecule has 4 aromatic rings. The van der Waals surface area contributed by atoms with Crippen LogP contribution in [0.1, 0.15) is 49.4 Å². The van der Waals surface area contributed by atoms with Gasteiger partial charge in [0.05, 0.1) is 0 Å². The maximum Gasteiger partial charge on any atom is 0.407 e. The lowest BCUT2D eigenvalue weighted by molar-refractivity contribution is 0.0185. The number of carbonyl (C=O) groups is 3. The van der Waals surface area contributed by atoms with Gasteiger partial charge >= 0.3 is 6.09 Å². The topological polar surface area (TPSA) is 113 Å². The molecule has 2 atom stereocenters. The molecule has 2 unspecified atom stereocenters. The van der Waals surface area contributed by atoms with Gasteiger partial charge in [0.15, 0.2) is 0 Å². The fraction of sp³-hybridized carbons (Fsp3) is 0.156. The molecular weight excluding hydrogens is 494 g/mol. The molecular formula is C32H25NO6. The number of nitrogens with one attached hydrogen (secondary N) is 1. The lowest BCUT2D eigenvalue weighted by Crippen LogP contribution is -2.36. The van der Waals surface area contributed by atoms with Crippen molar-refractivity contribution in [1.82, 2.24) is 5.32 Å². The smallest absolute Gasteiger partial charge is 0.407 e. The summed E-state index contributed by atoms with van der Waals surface area (Å²) in [5.74, 6) is -1.27. The van der Waals surface area contributed by atoms with Crippen molar-refractivity contribution in [3.8, 4) is 22.3 Å². The van der Waals surface area contributed by atoms with Crippen molar-refractivity contribution in [2.24, 2.45) is 0 Å². The van der Waals surface area contributed by atoms with Crippen LogP contribution in [0.3, 0.4) is 0 Å². The predicted molar refractivity (Wildman–Crippen MR) is 145 cm³/mol. The summed E-state index contributed by atoms with van der Waals surface area (Å²) in [5.41, 5.74) is 6.46. The van der Waals surface area contributed by atoms with Crippen LogP contribution in [0, 0.1) is 0 Å². The summed E-state index contributed by atoms with van der Waals surface area (Å²) in [6, 6.07) is 27.4. The van der Waals surface area contributed by atoms with Gasteiger partial charge < -0.3 is 20.3 Å². The number of hydrogen-bond acceptors (Lipinski definition) is 6. The normalized spacial score (nSPS) is 15.0. The predicted octanol–water partition coefficient (Wildman–Crippen LogP) is 4.67. The second-order valence-electron chi connectivity index (χ2n) is 9.73. The highest BCUT2D eigenvalue weighted by Gasteiger charge is 2.32. The summed E-state index contributed by atoms with van der Waals surface area (Å²) in [6.45, 7) is -0.113. The molecule has 7 nitrogen and oxygen atoms in total. The van der Waals surface area contributed by atoms with Crippen molar-refractivity contribution in [2.45, 2.75) is 18.1 Å². The van der Waals surface area contributed by atoms with Gasteiger partial charge in [-0.25, -0.2) is 4.79 Å². The van der Waals surface area contributed by atoms with E-state index < -0.39 is 29.9 Å². The molecule has 0 fully saturated rings. The third-order valence-corrected chi connectivity index (χ3v) is 7.46. The first-order valence-electron chi connectivity index (χ1n) is 12.7. The molecule has 0 heterocycles. The number of fused-ring (bicyclic) bond motifs is 6. The Morgan fingerprint density at radius 1 is 0.718 bits per heavy atom. The Kier molecular flexibility index (Phi) is 6.30. The van der Waals surface area contributed by atoms with Crippen LogP contribution >= 0.6 is 0 Å². The fourth-order valence-electron chi connectivity index (χ4n) is 5.50. The number of aliphatic hydroxyl groups excluding tert-OH is 2. The zero-order chi connectivity index (χ0) is 27.1. The average molecular weight is 520 g/mol. The van der Waals surface area contributed by atoms with Crippen LogP contribution in [-0.4, -0.2) is 47.1 Å². The molecule has 4 aromatic carbocycles. The molecule has 7 heteroatoms. The summed E-state index contributed by atoms with van der Waals surface area (Å²) >= 11 is 0. The molecule has 3 N–H and O–H groups in total. The summed E-state index contributed by atoms with van der Waals surface area (Å²) < 4.78 is 5.50. The molecule has 0 bridgehead atoms. The summed E-state index contributed by atoms with van der Waals surface area (Å²) in [5, 5.41) is 23.9. The molecule has 0 saturated heterocycles. The van der Waals surface area contributed by atoms with E-state index in [0.717, 1.165) is 22.3 Å². The van der Waals surface area contributed by atoms with Crippen LogP contribution in [0.15, 0.2) is 91.0 Å². The number of Topliss-reactive ketones (excluding diaryl/α,β-unsaturated/α-hetero) is 2. The van der Waals surface area contributed by atoms with E-state index in [0.29, 0.717) is 22.3 Å². The molecule has 0 aromatic heterocycles. The van der Waals surface area contributed by atoms with E-state index in [4.69, 9.17) is 4.74 Å². The van der Waals surface area contributed by atoms with Gasteiger partial charge in [0.25, 0.3) is 0 Å². The Bertz CT molecular complexity index is 1580. The van der Waals surface area contributed by atoms with E-state index in [9.17, 15) is 24.6 Å². The monoisotopic (exact) mass is 519 g/mol. The van der Waals surface area contributed by atoms with Crippen LogP contribution in [0.2, 0.25) is 0 Å². The molecule has 0 spiro atoms. The van der Waals surface area contributed by atoms with Crippen LogP contribution in [0.5, 0.6) is 0 Å². The van der Waals surface area contributed by atoms with Crippen LogP contribution < -0.4 is 5.32 Å². The Morgan fingerprint density at radius 2 is 1.26 bits per heavy atom. The molecule has 1 amide bonds. The second kappa shape index (κ2) is 9.94. The number of ketones is 2. The van der Waals surface area contributed by atoms with Crippen molar-refractivity contribution in [1.29, 1.82) is 0 Å². The van der Waals surface area contributed by atoms with Gasteiger partial charge in [0, 0.05) is 23.6 Å². The van der Waals surface area contributed by atoms with Crippen molar-refractivity contribution < 1.29 is 29.3 Å². The fourth-order valence-corrected chi connectivity index (χ4v) is 5.50. The summed E-state index contributed by atoms with van der Waals surface area (Å²) in [6.07, 6.45) is -3.38. The number of amides is 1. The van der Waals surface area contributed by atoms with Crippen LogP contribution in [-0.2, 0) is 4.74 Å². The van der Waals surface area contributed by atoms with E-state index in [-0.39, 0.29) is 24.6 Å². The Balaban J connectivity index is 1.10. The van der Waals surface area contributed by atoms with Gasteiger partial charge in [0.1, 0.15) is 18.8 Å². The Labute approximate surface area is 224 Å². The molecule has 0 aliphatic heterocycles. The number of rotatable bonds is 6. The van der Waals surface area contributed by atoms with Gasteiger partial charge in [-0.15, -0.1) is 0 Å². The van der Waals surface area contributed by atoms with Gasteiger partial charge in [-0.3, -0.25) is 9.59 Å². The number of alkyl carbamates (subject to hydrolysis) is 1. The van der Waals surface area contributed by atoms with E-state index in [1.54, 1.807) is 30.3 Å². The molecule has 2 aliphatic carbocycles. The molecule has 194 valence electrons. The lowest BCUT2D eigenvalue weighted by Gasteiger charge is -2.22. The Morgan fingerprint density at radius 3 is 1.90 bits per heavy atom. The van der Waals surface area contributed by atoms with Crippen molar-refractivity contribution in [2.75, 3.05) is 13.2 Å². The van der Waals surface area contributed by atoms with E-state index in [1.807, 2.05) is 36.4 Å². The van der Waals surface area contributed by atoms with Crippen LogP contribution in [0.4, 0.5) is 4.79 Å². The minimum atomic E-state index is -1.34. The van der Waals surface area contributed by atoms with Crippen molar-refractivity contribution in [3.63, 3.8) is 0 Å². The summed E-state index contributed by atoms with van der Waals surface area (Å²) in [7, 11) is 0. The number of carbonyl (C=O) groups excluding carboxylic acids is 3. The van der Waals surface area contributed by atoms with Crippen molar-refractivity contribution in [3.05, 3.63) is 119 Å². The summed E-state index contributed by atoms with van der Waals surface area (Å²) in [4.78, 5) is 37.5. The van der Waals surface area contributed by atoms with E-state index >= 15 is 0 Å². The largest absolute Gasteiger partial charge is 0.449 e. The first kappa shape index (κ1) is 24.7. The number of aliphatic hydroxyl groups is 2. The highest BCUT2D eigenvalue weighted by molar-refractivity contribution is 6.53. The van der Waals surface area contributed by atoms with Gasteiger partial charge in [-0.2, -0.15) is 0 Å². The number of ether oxygens (including phenoxy) is 1. The standard InChI is InChI=1S/C32H25NO6/c34-28(29(35)18-13-14-25-26(15-18)23-11-5-6-12-24(23)30(36)31(25)37)16-33-32(38)39-17-27-21-9-3-1-7-19(21)20-8-2-4-10-22(20)27/h1-15,27-29,34-35H,16-17H2,(H,33,38). The molecule has 6 rings (SSSR count). The molecule has 2 aliphatic rings. The van der Waals surface area contributed by atoms with Gasteiger partial charge in [0.2, 0.25) is 11.6 Å². The third kappa shape index (κ3) is 4.31. The molecule has 0 radical (unpaired) electrons. The zero-order valence-electron chi connectivity index (χ0n) is 20.8. The first-order valence-corrected chi connectivity index (χ1v) is 12.7. The minimum absolute atomic E-state index is 0.0911. The third-order valence-electron chi connectivity index (χ3n) is 7.46. The lowest BCUT2D eigenvalue weighted by atomic mass is 9.82. The number of hydrogen-bond donors (Lipinski definition) is 3. The minimum Gasteiger partial charge on any atom is -0.449 e. The zero-order valence-corrected chi connectivity index (χ0v) is 20.8. The quantitative estimate of drug-likeness (QED) is 0.319.